The highest BCUT2D eigenvalue weighted by Gasteiger charge is 2.20. The number of aryl methyl sites for hydroxylation is 1. The third-order valence-corrected chi connectivity index (χ3v) is 4.49. The highest BCUT2D eigenvalue weighted by Crippen LogP contribution is 2.17. The summed E-state index contributed by atoms with van der Waals surface area (Å²) in [7, 11) is 0. The molecule has 3 N–H and O–H groups in total. The maximum Gasteiger partial charge on any atom is 0.339 e. The molecule has 0 atom stereocenters. The van der Waals surface area contributed by atoms with Gasteiger partial charge in [-0.3, -0.25) is 14.4 Å². The van der Waals surface area contributed by atoms with Crippen molar-refractivity contribution in [1.29, 1.82) is 0 Å². The number of amides is 2. The molecule has 0 aromatic heterocycles. The maximum atomic E-state index is 12.8. The van der Waals surface area contributed by atoms with Crippen molar-refractivity contribution >= 4 is 29.3 Å². The van der Waals surface area contributed by atoms with E-state index in [1.807, 2.05) is 19.1 Å². The molecule has 0 spiro atoms. The van der Waals surface area contributed by atoms with Gasteiger partial charge < -0.3 is 15.8 Å². The van der Waals surface area contributed by atoms with Crippen molar-refractivity contribution in [3.8, 4) is 0 Å². The molecule has 3 aromatic carbocycles. The Morgan fingerprint density at radius 3 is 2.00 bits per heavy atom. The number of nitrogens with two attached hydrogens (primary N) is 1. The molecule has 31 heavy (non-hydrogen) atoms. The molecule has 156 valence electrons. The Bertz CT molecular complexity index is 1140. The lowest BCUT2D eigenvalue weighted by Gasteiger charge is -2.10. The molecule has 3 aromatic rings. The maximum absolute atomic E-state index is 12.8. The van der Waals surface area contributed by atoms with E-state index in [2.05, 4.69) is 5.32 Å². The van der Waals surface area contributed by atoms with E-state index in [9.17, 15) is 19.2 Å². The van der Waals surface area contributed by atoms with E-state index >= 15 is 0 Å². The highest BCUT2D eigenvalue weighted by atomic mass is 16.5. The third kappa shape index (κ3) is 5.42. The molecule has 0 aliphatic rings. The molecule has 0 heterocycles. The largest absolute Gasteiger partial charge is 0.452 e. The Kier molecular flexibility index (Phi) is 6.57. The van der Waals surface area contributed by atoms with Crippen LogP contribution in [0.4, 0.5) is 5.69 Å². The monoisotopic (exact) mass is 416 g/mol. The fraction of sp³-hybridized carbons (Fsp3) is 0.0833. The van der Waals surface area contributed by atoms with Gasteiger partial charge in [0.05, 0.1) is 5.56 Å². The van der Waals surface area contributed by atoms with E-state index in [0.29, 0.717) is 16.8 Å². The number of ketones is 1. The Morgan fingerprint density at radius 2 is 1.39 bits per heavy atom. The van der Waals surface area contributed by atoms with Crippen molar-refractivity contribution < 1.29 is 23.9 Å². The fourth-order valence-electron chi connectivity index (χ4n) is 2.84. The Hall–Kier alpha value is -4.26. The van der Waals surface area contributed by atoms with Gasteiger partial charge in [-0.1, -0.05) is 48.0 Å². The molecule has 0 radical (unpaired) electrons. The standard InChI is InChI=1S/C24H20N2O5/c1-15-6-8-16(9-7-15)22(28)19-4-2-3-5-20(19)24(30)31-14-21(27)26-18-12-10-17(11-13-18)23(25)29/h2-13H,14H2,1H3,(H2,25,29)(H,26,27). The Morgan fingerprint density at radius 1 is 0.806 bits per heavy atom. The first-order valence-electron chi connectivity index (χ1n) is 9.42. The number of carbonyl (C=O) groups excluding carboxylic acids is 4. The van der Waals surface area contributed by atoms with Crippen LogP contribution in [0.2, 0.25) is 0 Å². The van der Waals surface area contributed by atoms with Gasteiger partial charge in [-0.25, -0.2) is 4.79 Å². The van der Waals surface area contributed by atoms with E-state index in [1.54, 1.807) is 30.3 Å². The molecule has 0 saturated carbocycles. The Balaban J connectivity index is 1.65. The quantitative estimate of drug-likeness (QED) is 0.454. The van der Waals surface area contributed by atoms with Crippen molar-refractivity contribution in [1.82, 2.24) is 0 Å². The number of hydrogen-bond acceptors (Lipinski definition) is 5. The zero-order valence-electron chi connectivity index (χ0n) is 16.8. The molecule has 7 heteroatoms. The fourth-order valence-corrected chi connectivity index (χ4v) is 2.84. The van der Waals surface area contributed by atoms with Gasteiger partial charge in [0.25, 0.3) is 5.91 Å². The van der Waals surface area contributed by atoms with Crippen LogP contribution in [0, 0.1) is 6.92 Å². The van der Waals surface area contributed by atoms with Crippen LogP contribution >= 0.6 is 0 Å². The first-order valence-corrected chi connectivity index (χ1v) is 9.42. The van der Waals surface area contributed by atoms with Gasteiger partial charge in [-0.05, 0) is 37.3 Å². The van der Waals surface area contributed by atoms with Crippen LogP contribution in [-0.4, -0.2) is 30.2 Å². The average Bonchev–Trinajstić information content (AvgIpc) is 2.78. The lowest BCUT2D eigenvalue weighted by Crippen LogP contribution is -2.22. The number of rotatable bonds is 7. The van der Waals surface area contributed by atoms with Gasteiger partial charge in [0.2, 0.25) is 5.91 Å². The lowest BCUT2D eigenvalue weighted by atomic mass is 9.98. The molecule has 0 fully saturated rings. The van der Waals surface area contributed by atoms with E-state index in [1.165, 1.54) is 30.3 Å². The van der Waals surface area contributed by atoms with Crippen LogP contribution in [0.25, 0.3) is 0 Å². The summed E-state index contributed by atoms with van der Waals surface area (Å²) in [5, 5.41) is 2.55. The molecule has 0 saturated heterocycles. The number of esters is 1. The molecule has 2 amide bonds. The number of hydrogen-bond donors (Lipinski definition) is 2. The summed E-state index contributed by atoms with van der Waals surface area (Å²) in [6.45, 7) is 1.38. The van der Waals surface area contributed by atoms with Gasteiger partial charge in [-0.15, -0.1) is 0 Å². The predicted molar refractivity (Wildman–Crippen MR) is 115 cm³/mol. The summed E-state index contributed by atoms with van der Waals surface area (Å²) in [4.78, 5) is 48.5. The third-order valence-electron chi connectivity index (χ3n) is 4.49. The van der Waals surface area contributed by atoms with Crippen LogP contribution < -0.4 is 11.1 Å². The van der Waals surface area contributed by atoms with Gasteiger partial charge >= 0.3 is 5.97 Å². The second-order valence-corrected chi connectivity index (χ2v) is 6.81. The molecule has 0 unspecified atom stereocenters. The van der Waals surface area contributed by atoms with Crippen LogP contribution in [0.3, 0.4) is 0 Å². The van der Waals surface area contributed by atoms with Gasteiger partial charge in [-0.2, -0.15) is 0 Å². The normalized spacial score (nSPS) is 10.2. The van der Waals surface area contributed by atoms with Crippen LogP contribution in [-0.2, 0) is 9.53 Å². The van der Waals surface area contributed by atoms with E-state index in [4.69, 9.17) is 10.5 Å². The average molecular weight is 416 g/mol. The number of ether oxygens (including phenoxy) is 1. The van der Waals surface area contributed by atoms with Gasteiger partial charge in [0.15, 0.2) is 12.4 Å². The van der Waals surface area contributed by atoms with Crippen molar-refractivity contribution in [2.45, 2.75) is 6.92 Å². The van der Waals surface area contributed by atoms with Gasteiger partial charge in [0.1, 0.15) is 0 Å². The van der Waals surface area contributed by atoms with E-state index in [-0.39, 0.29) is 16.9 Å². The molecule has 3 rings (SSSR count). The number of benzene rings is 3. The summed E-state index contributed by atoms with van der Waals surface area (Å²) < 4.78 is 5.09. The zero-order chi connectivity index (χ0) is 22.4. The molecule has 7 nitrogen and oxygen atoms in total. The SMILES string of the molecule is Cc1ccc(C(=O)c2ccccc2C(=O)OCC(=O)Nc2ccc(C(N)=O)cc2)cc1. The first-order chi connectivity index (χ1) is 14.8. The van der Waals surface area contributed by atoms with Crippen molar-refractivity contribution in [3.05, 3.63) is 101 Å². The van der Waals surface area contributed by atoms with Crippen molar-refractivity contribution in [2.24, 2.45) is 5.73 Å². The zero-order valence-corrected chi connectivity index (χ0v) is 16.8. The van der Waals surface area contributed by atoms with Gasteiger partial charge in [0, 0.05) is 22.4 Å². The van der Waals surface area contributed by atoms with Crippen molar-refractivity contribution in [2.75, 3.05) is 11.9 Å². The lowest BCUT2D eigenvalue weighted by molar-refractivity contribution is -0.119. The minimum absolute atomic E-state index is 0.0756. The van der Waals surface area contributed by atoms with Crippen LogP contribution in [0.1, 0.15) is 42.2 Å². The van der Waals surface area contributed by atoms with Crippen LogP contribution in [0.15, 0.2) is 72.8 Å². The summed E-state index contributed by atoms with van der Waals surface area (Å²) >= 11 is 0. The smallest absolute Gasteiger partial charge is 0.339 e. The van der Waals surface area contributed by atoms with E-state index < -0.39 is 24.4 Å². The number of primary amides is 1. The second kappa shape index (κ2) is 9.49. The first kappa shape index (κ1) is 21.4. The Labute approximate surface area is 178 Å². The summed E-state index contributed by atoms with van der Waals surface area (Å²) in [6, 6.07) is 19.3. The number of nitrogens with one attached hydrogen (secondary N) is 1. The minimum Gasteiger partial charge on any atom is -0.452 e. The summed E-state index contributed by atoms with van der Waals surface area (Å²) in [5.74, 6) is -2.24. The summed E-state index contributed by atoms with van der Waals surface area (Å²) in [5.41, 5.74) is 7.62. The molecule has 0 aliphatic heterocycles. The number of anilines is 1. The topological polar surface area (TPSA) is 116 Å². The van der Waals surface area contributed by atoms with Crippen LogP contribution in [0.5, 0.6) is 0 Å². The molecular formula is C24H20N2O5. The molecular weight excluding hydrogens is 396 g/mol. The number of carbonyl (C=O) groups is 4. The van der Waals surface area contributed by atoms with E-state index in [0.717, 1.165) is 5.56 Å². The highest BCUT2D eigenvalue weighted by molar-refractivity contribution is 6.14. The molecule has 0 aliphatic carbocycles. The molecule has 0 bridgehead atoms. The predicted octanol–water partition coefficient (Wildman–Crippen LogP) is 3.12. The summed E-state index contributed by atoms with van der Waals surface area (Å²) in [6.07, 6.45) is 0. The second-order valence-electron chi connectivity index (χ2n) is 6.81. The minimum atomic E-state index is -0.782. The van der Waals surface area contributed by atoms with Crippen molar-refractivity contribution in [3.63, 3.8) is 0 Å².